The summed E-state index contributed by atoms with van der Waals surface area (Å²) >= 11 is 0. The molecule has 13 heavy (non-hydrogen) atoms. The molecule has 0 aliphatic carbocycles. The molecule has 1 aromatic carbocycles. The smallest absolute Gasteiger partial charge is 0.272 e. The number of hydrogen-bond acceptors (Lipinski definition) is 3. The van der Waals surface area contributed by atoms with Crippen LogP contribution in [0.25, 0.3) is 0 Å². The van der Waals surface area contributed by atoms with Gasteiger partial charge >= 0.3 is 0 Å². The minimum atomic E-state index is -0.388. The zero-order chi connectivity index (χ0) is 10.0. The van der Waals surface area contributed by atoms with Crippen molar-refractivity contribution >= 4 is 5.69 Å². The highest BCUT2D eigenvalue weighted by atomic mass is 16.6. The van der Waals surface area contributed by atoms with E-state index in [1.54, 1.807) is 13.0 Å². The van der Waals surface area contributed by atoms with Crippen molar-refractivity contribution < 1.29 is 4.92 Å². The number of nitro benzene ring substituents is 1. The summed E-state index contributed by atoms with van der Waals surface area (Å²) in [5.41, 5.74) is 7.28. The van der Waals surface area contributed by atoms with Crippen molar-refractivity contribution in [1.29, 1.82) is 0 Å². The minimum Gasteiger partial charge on any atom is -0.324 e. The molecule has 0 saturated heterocycles. The molecule has 1 unspecified atom stereocenters. The molecule has 0 bridgehead atoms. The average molecular weight is 180 g/mol. The summed E-state index contributed by atoms with van der Waals surface area (Å²) in [5.74, 6) is 0. The number of nitro groups is 1. The molecule has 0 saturated carbocycles. The van der Waals surface area contributed by atoms with Crippen LogP contribution in [0.4, 0.5) is 5.69 Å². The average Bonchev–Trinajstić information content (AvgIpc) is 2.03. The van der Waals surface area contributed by atoms with E-state index in [0.29, 0.717) is 5.56 Å². The van der Waals surface area contributed by atoms with Crippen LogP contribution in [0.3, 0.4) is 0 Å². The molecule has 0 aliphatic heterocycles. The molecule has 0 aromatic heterocycles. The lowest BCUT2D eigenvalue weighted by atomic mass is 10.0. The second-order valence-corrected chi connectivity index (χ2v) is 3.04. The van der Waals surface area contributed by atoms with Gasteiger partial charge in [0.25, 0.3) is 5.69 Å². The maximum Gasteiger partial charge on any atom is 0.272 e. The van der Waals surface area contributed by atoms with E-state index < -0.39 is 0 Å². The van der Waals surface area contributed by atoms with E-state index >= 15 is 0 Å². The summed E-state index contributed by atoms with van der Waals surface area (Å²) in [5, 5.41) is 10.6. The molecule has 4 nitrogen and oxygen atoms in total. The summed E-state index contributed by atoms with van der Waals surface area (Å²) in [6.45, 7) is 3.53. The summed E-state index contributed by atoms with van der Waals surface area (Å²) in [6.07, 6.45) is 0. The van der Waals surface area contributed by atoms with E-state index in [1.807, 2.05) is 13.0 Å². The van der Waals surface area contributed by atoms with Gasteiger partial charge in [0.05, 0.1) is 4.92 Å². The lowest BCUT2D eigenvalue weighted by Gasteiger charge is -2.08. The maximum absolute atomic E-state index is 10.6. The molecule has 0 heterocycles. The van der Waals surface area contributed by atoms with E-state index in [1.165, 1.54) is 6.07 Å². The Morgan fingerprint density at radius 1 is 1.54 bits per heavy atom. The molecule has 0 fully saturated rings. The van der Waals surface area contributed by atoms with Gasteiger partial charge in [-0.15, -0.1) is 0 Å². The first kappa shape index (κ1) is 9.67. The molecular formula is C9H12N2O2. The SMILES string of the molecule is Cc1c(C(C)N)cccc1[N+](=O)[O-]. The van der Waals surface area contributed by atoms with Crippen molar-refractivity contribution in [2.24, 2.45) is 5.73 Å². The first-order valence-electron chi connectivity index (χ1n) is 4.03. The van der Waals surface area contributed by atoms with Crippen LogP contribution in [0.15, 0.2) is 18.2 Å². The van der Waals surface area contributed by atoms with E-state index in [2.05, 4.69) is 0 Å². The second-order valence-electron chi connectivity index (χ2n) is 3.04. The fourth-order valence-corrected chi connectivity index (χ4v) is 1.33. The standard InChI is InChI=1S/C9H12N2O2/c1-6-8(7(2)10)4-3-5-9(6)11(12)13/h3-5,7H,10H2,1-2H3. The Bertz CT molecular complexity index is 334. The highest BCUT2D eigenvalue weighted by Crippen LogP contribution is 2.24. The Morgan fingerprint density at radius 3 is 2.62 bits per heavy atom. The van der Waals surface area contributed by atoms with Crippen LogP contribution in [0.2, 0.25) is 0 Å². The van der Waals surface area contributed by atoms with Crippen LogP contribution < -0.4 is 5.73 Å². The fourth-order valence-electron chi connectivity index (χ4n) is 1.33. The van der Waals surface area contributed by atoms with Gasteiger partial charge in [-0.05, 0) is 19.4 Å². The number of hydrogen-bond donors (Lipinski definition) is 1. The Labute approximate surface area is 76.5 Å². The number of nitrogens with two attached hydrogens (primary N) is 1. The first-order chi connectivity index (χ1) is 6.04. The normalized spacial score (nSPS) is 12.5. The van der Waals surface area contributed by atoms with Crippen LogP contribution in [0, 0.1) is 17.0 Å². The summed E-state index contributed by atoms with van der Waals surface area (Å²) in [6, 6.07) is 4.79. The van der Waals surface area contributed by atoms with Gasteiger partial charge in [-0.1, -0.05) is 12.1 Å². The lowest BCUT2D eigenvalue weighted by Crippen LogP contribution is -2.08. The van der Waals surface area contributed by atoms with Crippen LogP contribution in [-0.4, -0.2) is 4.92 Å². The van der Waals surface area contributed by atoms with Gasteiger partial charge in [-0.3, -0.25) is 10.1 Å². The fraction of sp³-hybridized carbons (Fsp3) is 0.333. The molecule has 0 aliphatic rings. The predicted molar refractivity (Wildman–Crippen MR) is 50.4 cm³/mol. The third-order valence-electron chi connectivity index (χ3n) is 2.03. The Kier molecular flexibility index (Phi) is 2.63. The third kappa shape index (κ3) is 1.84. The largest absolute Gasteiger partial charge is 0.324 e. The second kappa shape index (κ2) is 3.53. The van der Waals surface area contributed by atoms with Gasteiger partial charge < -0.3 is 5.73 Å². The quantitative estimate of drug-likeness (QED) is 0.558. The molecule has 70 valence electrons. The van der Waals surface area contributed by atoms with Gasteiger partial charge in [-0.25, -0.2) is 0 Å². The Hall–Kier alpha value is -1.42. The van der Waals surface area contributed by atoms with Gasteiger partial charge in [0.1, 0.15) is 0 Å². The highest BCUT2D eigenvalue weighted by molar-refractivity contribution is 5.45. The van der Waals surface area contributed by atoms with Crippen molar-refractivity contribution in [2.45, 2.75) is 19.9 Å². The molecule has 0 spiro atoms. The predicted octanol–water partition coefficient (Wildman–Crippen LogP) is 1.92. The van der Waals surface area contributed by atoms with Crippen LogP contribution in [0.5, 0.6) is 0 Å². The van der Waals surface area contributed by atoms with E-state index in [4.69, 9.17) is 5.73 Å². The molecule has 4 heteroatoms. The molecular weight excluding hydrogens is 168 g/mol. The van der Waals surface area contributed by atoms with Crippen molar-refractivity contribution in [2.75, 3.05) is 0 Å². The van der Waals surface area contributed by atoms with Crippen LogP contribution >= 0.6 is 0 Å². The monoisotopic (exact) mass is 180 g/mol. The number of nitrogens with zero attached hydrogens (tertiary/aromatic N) is 1. The zero-order valence-corrected chi connectivity index (χ0v) is 7.65. The van der Waals surface area contributed by atoms with Crippen molar-refractivity contribution in [3.05, 3.63) is 39.4 Å². The van der Waals surface area contributed by atoms with E-state index in [9.17, 15) is 10.1 Å². The molecule has 1 atom stereocenters. The molecule has 1 aromatic rings. The van der Waals surface area contributed by atoms with E-state index in [-0.39, 0.29) is 16.7 Å². The Balaban J connectivity index is 3.26. The zero-order valence-electron chi connectivity index (χ0n) is 7.65. The first-order valence-corrected chi connectivity index (χ1v) is 4.03. The molecule has 0 amide bonds. The third-order valence-corrected chi connectivity index (χ3v) is 2.03. The number of benzene rings is 1. The summed E-state index contributed by atoms with van der Waals surface area (Å²) < 4.78 is 0. The van der Waals surface area contributed by atoms with Crippen molar-refractivity contribution in [1.82, 2.24) is 0 Å². The highest BCUT2D eigenvalue weighted by Gasteiger charge is 2.14. The summed E-state index contributed by atoms with van der Waals surface area (Å²) in [7, 11) is 0. The van der Waals surface area contributed by atoms with Crippen LogP contribution in [-0.2, 0) is 0 Å². The van der Waals surface area contributed by atoms with Gasteiger partial charge in [0, 0.05) is 17.7 Å². The summed E-state index contributed by atoms with van der Waals surface area (Å²) in [4.78, 5) is 10.2. The van der Waals surface area contributed by atoms with Gasteiger partial charge in [-0.2, -0.15) is 0 Å². The number of rotatable bonds is 2. The topological polar surface area (TPSA) is 69.2 Å². The molecule has 0 radical (unpaired) electrons. The Morgan fingerprint density at radius 2 is 2.15 bits per heavy atom. The lowest BCUT2D eigenvalue weighted by molar-refractivity contribution is -0.385. The van der Waals surface area contributed by atoms with Crippen molar-refractivity contribution in [3.8, 4) is 0 Å². The molecule has 2 N–H and O–H groups in total. The molecule has 1 rings (SSSR count). The van der Waals surface area contributed by atoms with E-state index in [0.717, 1.165) is 5.56 Å². The minimum absolute atomic E-state index is 0.134. The van der Waals surface area contributed by atoms with Gasteiger partial charge in [0.2, 0.25) is 0 Å². The van der Waals surface area contributed by atoms with Crippen molar-refractivity contribution in [3.63, 3.8) is 0 Å². The van der Waals surface area contributed by atoms with Crippen LogP contribution in [0.1, 0.15) is 24.1 Å². The van der Waals surface area contributed by atoms with Gasteiger partial charge in [0.15, 0.2) is 0 Å². The maximum atomic E-state index is 10.6.